The lowest BCUT2D eigenvalue weighted by Crippen LogP contribution is -2.01. The summed E-state index contributed by atoms with van der Waals surface area (Å²) in [7, 11) is 0. The average Bonchev–Trinajstić information content (AvgIpc) is 2.36. The number of halogens is 1. The molecule has 1 N–H and O–H groups in total. The Kier molecular flexibility index (Phi) is 4.80. The molecular formula is C14H14BrNOS. The van der Waals surface area contributed by atoms with E-state index < -0.39 is 6.10 Å². The summed E-state index contributed by atoms with van der Waals surface area (Å²) in [4.78, 5) is 5.24. The molecule has 1 unspecified atom stereocenters. The van der Waals surface area contributed by atoms with Gasteiger partial charge in [-0.2, -0.15) is 0 Å². The molecule has 0 bridgehead atoms. The lowest BCUT2D eigenvalue weighted by molar-refractivity contribution is 0.203. The maximum atomic E-state index is 10.1. The van der Waals surface area contributed by atoms with Gasteiger partial charge in [0, 0.05) is 27.5 Å². The first-order valence-electron chi connectivity index (χ1n) is 5.63. The first-order valence-corrected chi connectivity index (χ1v) is 7.41. The smallest absolute Gasteiger partial charge is 0.0898 e. The number of aromatic nitrogens is 1. The molecule has 18 heavy (non-hydrogen) atoms. The van der Waals surface area contributed by atoms with Gasteiger partial charge in [0.25, 0.3) is 0 Å². The minimum atomic E-state index is -0.485. The zero-order valence-corrected chi connectivity index (χ0v) is 12.4. The van der Waals surface area contributed by atoms with Crippen LogP contribution in [0.5, 0.6) is 0 Å². The largest absolute Gasteiger partial charge is 0.387 e. The molecule has 0 aliphatic carbocycles. The number of pyridine rings is 1. The van der Waals surface area contributed by atoms with Crippen LogP contribution in [-0.4, -0.2) is 15.8 Å². The summed E-state index contributed by atoms with van der Waals surface area (Å²) in [5.41, 5.74) is 1.94. The quantitative estimate of drug-likeness (QED) is 0.864. The van der Waals surface area contributed by atoms with E-state index in [1.54, 1.807) is 24.2 Å². The summed E-state index contributed by atoms with van der Waals surface area (Å²) in [5.74, 6) is 0.627. The van der Waals surface area contributed by atoms with Crippen LogP contribution in [0.4, 0.5) is 0 Å². The van der Waals surface area contributed by atoms with Gasteiger partial charge in [-0.15, -0.1) is 11.8 Å². The molecule has 0 saturated heterocycles. The normalized spacial score (nSPS) is 12.4. The fraction of sp³-hybridized carbons (Fsp3) is 0.214. The number of hydrogen-bond acceptors (Lipinski definition) is 3. The van der Waals surface area contributed by atoms with E-state index in [1.165, 1.54) is 0 Å². The Balaban J connectivity index is 1.98. The molecule has 94 valence electrons. The Morgan fingerprint density at radius 2 is 2.17 bits per heavy atom. The van der Waals surface area contributed by atoms with Gasteiger partial charge in [-0.3, -0.25) is 4.98 Å². The monoisotopic (exact) mass is 323 g/mol. The molecule has 2 rings (SSSR count). The van der Waals surface area contributed by atoms with Gasteiger partial charge in [0.2, 0.25) is 0 Å². The van der Waals surface area contributed by atoms with Crippen molar-refractivity contribution >= 4 is 27.7 Å². The zero-order chi connectivity index (χ0) is 13.0. The molecule has 0 aliphatic heterocycles. The Bertz CT molecular complexity index is 533. The second kappa shape index (κ2) is 6.36. The summed E-state index contributed by atoms with van der Waals surface area (Å²) in [6.45, 7) is 1.98. The molecular weight excluding hydrogens is 310 g/mol. The molecule has 0 radical (unpaired) electrons. The van der Waals surface area contributed by atoms with Crippen LogP contribution in [0.25, 0.3) is 0 Å². The molecule has 0 spiro atoms. The maximum Gasteiger partial charge on any atom is 0.0898 e. The first kappa shape index (κ1) is 13.6. The third-order valence-corrected chi connectivity index (χ3v) is 4.05. The van der Waals surface area contributed by atoms with Gasteiger partial charge < -0.3 is 5.11 Å². The van der Waals surface area contributed by atoms with Crippen LogP contribution in [-0.2, 0) is 0 Å². The van der Waals surface area contributed by atoms with Crippen LogP contribution in [0.2, 0.25) is 0 Å². The second-order valence-electron chi connectivity index (χ2n) is 4.08. The van der Waals surface area contributed by atoms with E-state index in [4.69, 9.17) is 0 Å². The molecule has 0 amide bonds. The van der Waals surface area contributed by atoms with Crippen LogP contribution in [0.3, 0.4) is 0 Å². The maximum absolute atomic E-state index is 10.1. The van der Waals surface area contributed by atoms with E-state index in [-0.39, 0.29) is 0 Å². The Morgan fingerprint density at radius 1 is 1.33 bits per heavy atom. The van der Waals surface area contributed by atoms with Gasteiger partial charge in [-0.05, 0) is 36.2 Å². The van der Waals surface area contributed by atoms with Gasteiger partial charge in [-0.25, -0.2) is 0 Å². The van der Waals surface area contributed by atoms with Gasteiger partial charge in [0.1, 0.15) is 0 Å². The van der Waals surface area contributed by atoms with Gasteiger partial charge in [-0.1, -0.05) is 28.1 Å². The van der Waals surface area contributed by atoms with Crippen LogP contribution in [0, 0.1) is 6.92 Å². The predicted molar refractivity (Wildman–Crippen MR) is 78.8 cm³/mol. The highest BCUT2D eigenvalue weighted by molar-refractivity contribution is 9.10. The van der Waals surface area contributed by atoms with Crippen molar-refractivity contribution < 1.29 is 5.11 Å². The van der Waals surface area contributed by atoms with Crippen molar-refractivity contribution in [1.29, 1.82) is 0 Å². The van der Waals surface area contributed by atoms with Gasteiger partial charge >= 0.3 is 0 Å². The number of benzene rings is 1. The standard InChI is InChI=1S/C14H14BrNOS/c1-10-5-11(8-16-7-10)14(17)9-18-13-4-2-3-12(15)6-13/h2-8,14,17H,9H2,1H3. The number of aliphatic hydroxyl groups excluding tert-OH is 1. The van der Waals surface area contributed by atoms with Crippen LogP contribution >= 0.6 is 27.7 Å². The molecule has 1 aromatic carbocycles. The molecule has 0 fully saturated rings. The van der Waals surface area contributed by atoms with Crippen molar-refractivity contribution in [3.8, 4) is 0 Å². The minimum absolute atomic E-state index is 0.485. The SMILES string of the molecule is Cc1cncc(C(O)CSc2cccc(Br)c2)c1. The molecule has 0 saturated carbocycles. The molecule has 2 aromatic rings. The molecule has 1 aromatic heterocycles. The number of thioether (sulfide) groups is 1. The number of aliphatic hydroxyl groups is 1. The summed E-state index contributed by atoms with van der Waals surface area (Å²) < 4.78 is 1.05. The number of nitrogens with zero attached hydrogens (tertiary/aromatic N) is 1. The Labute approximate surface area is 120 Å². The van der Waals surface area contributed by atoms with Gasteiger partial charge in [0.05, 0.1) is 6.10 Å². The summed E-state index contributed by atoms with van der Waals surface area (Å²) in [6, 6.07) is 10.0. The van der Waals surface area contributed by atoms with Crippen molar-refractivity contribution in [1.82, 2.24) is 4.98 Å². The van der Waals surface area contributed by atoms with Crippen LogP contribution in [0.15, 0.2) is 52.1 Å². The third kappa shape index (κ3) is 3.83. The highest BCUT2D eigenvalue weighted by atomic mass is 79.9. The van der Waals surface area contributed by atoms with E-state index >= 15 is 0 Å². The van der Waals surface area contributed by atoms with Gasteiger partial charge in [0.15, 0.2) is 0 Å². The molecule has 0 aliphatic rings. The molecule has 1 heterocycles. The van der Waals surface area contributed by atoms with E-state index in [0.29, 0.717) is 5.75 Å². The topological polar surface area (TPSA) is 33.1 Å². The van der Waals surface area contributed by atoms with Crippen molar-refractivity contribution in [2.45, 2.75) is 17.9 Å². The van der Waals surface area contributed by atoms with Crippen LogP contribution < -0.4 is 0 Å². The van der Waals surface area contributed by atoms with E-state index in [0.717, 1.165) is 20.5 Å². The minimum Gasteiger partial charge on any atom is -0.387 e. The lowest BCUT2D eigenvalue weighted by atomic mass is 10.1. The Morgan fingerprint density at radius 3 is 2.89 bits per heavy atom. The fourth-order valence-electron chi connectivity index (χ4n) is 1.59. The van der Waals surface area contributed by atoms with Crippen molar-refractivity contribution in [2.75, 3.05) is 5.75 Å². The van der Waals surface area contributed by atoms with Crippen molar-refractivity contribution in [3.05, 3.63) is 58.3 Å². The highest BCUT2D eigenvalue weighted by Gasteiger charge is 2.08. The predicted octanol–water partition coefficient (Wildman–Crippen LogP) is 3.98. The first-order chi connectivity index (χ1) is 8.65. The summed E-state index contributed by atoms with van der Waals surface area (Å²) >= 11 is 5.07. The van der Waals surface area contributed by atoms with E-state index in [1.807, 2.05) is 37.3 Å². The molecule has 4 heteroatoms. The van der Waals surface area contributed by atoms with E-state index in [2.05, 4.69) is 20.9 Å². The average molecular weight is 324 g/mol. The molecule has 1 atom stereocenters. The number of hydrogen-bond donors (Lipinski definition) is 1. The van der Waals surface area contributed by atoms with E-state index in [9.17, 15) is 5.11 Å². The second-order valence-corrected chi connectivity index (χ2v) is 6.09. The highest BCUT2D eigenvalue weighted by Crippen LogP contribution is 2.26. The summed E-state index contributed by atoms with van der Waals surface area (Å²) in [6.07, 6.45) is 3.03. The lowest BCUT2D eigenvalue weighted by Gasteiger charge is -2.11. The Hall–Kier alpha value is -0.840. The fourth-order valence-corrected chi connectivity index (χ4v) is 3.07. The van der Waals surface area contributed by atoms with Crippen molar-refractivity contribution in [2.24, 2.45) is 0 Å². The third-order valence-electron chi connectivity index (χ3n) is 2.48. The van der Waals surface area contributed by atoms with Crippen LogP contribution in [0.1, 0.15) is 17.2 Å². The molecule has 2 nitrogen and oxygen atoms in total. The summed E-state index contributed by atoms with van der Waals surface area (Å²) in [5, 5.41) is 10.1. The van der Waals surface area contributed by atoms with Crippen molar-refractivity contribution in [3.63, 3.8) is 0 Å². The number of rotatable bonds is 4. The number of aryl methyl sites for hydroxylation is 1. The zero-order valence-electron chi connectivity index (χ0n) is 10.0.